The quantitative estimate of drug-likeness (QED) is 0.901. The summed E-state index contributed by atoms with van der Waals surface area (Å²) in [5, 5.41) is 3.41. The van der Waals surface area contributed by atoms with Crippen molar-refractivity contribution in [3.05, 3.63) is 44.9 Å². The fourth-order valence-electron chi connectivity index (χ4n) is 1.43. The van der Waals surface area contributed by atoms with Crippen molar-refractivity contribution >= 4 is 34.5 Å². The van der Waals surface area contributed by atoms with E-state index in [-0.39, 0.29) is 5.91 Å². The smallest absolute Gasteiger partial charge is 0.275 e. The van der Waals surface area contributed by atoms with Crippen LogP contribution in [0.4, 0.5) is 5.69 Å². The molecule has 0 saturated heterocycles. The highest BCUT2D eigenvalue weighted by molar-refractivity contribution is 7.09. The molecule has 1 amide bonds. The van der Waals surface area contributed by atoms with E-state index in [1.807, 2.05) is 19.9 Å². The van der Waals surface area contributed by atoms with Gasteiger partial charge in [0.1, 0.15) is 5.69 Å². The van der Waals surface area contributed by atoms with E-state index in [0.29, 0.717) is 10.7 Å². The predicted molar refractivity (Wildman–Crippen MR) is 71.0 cm³/mol. The fraction of sp³-hybridized carbons (Fsp3) is 0.167. The van der Waals surface area contributed by atoms with Gasteiger partial charge in [-0.25, -0.2) is 4.98 Å². The third-order valence-corrected chi connectivity index (χ3v) is 3.40. The summed E-state index contributed by atoms with van der Waals surface area (Å²) in [6.45, 7) is 3.79. The highest BCUT2D eigenvalue weighted by Crippen LogP contribution is 2.21. The molecule has 88 valence electrons. The molecule has 17 heavy (non-hydrogen) atoms. The highest BCUT2D eigenvalue weighted by atomic mass is 35.5. The van der Waals surface area contributed by atoms with Crippen LogP contribution in [-0.4, -0.2) is 10.9 Å². The second-order valence-electron chi connectivity index (χ2n) is 3.67. The topological polar surface area (TPSA) is 42.0 Å². The van der Waals surface area contributed by atoms with E-state index in [9.17, 15) is 4.79 Å². The van der Waals surface area contributed by atoms with Crippen LogP contribution in [0.25, 0.3) is 0 Å². The summed E-state index contributed by atoms with van der Waals surface area (Å²) in [5.74, 6) is -0.200. The van der Waals surface area contributed by atoms with Gasteiger partial charge in [-0.3, -0.25) is 4.79 Å². The molecule has 1 heterocycles. The van der Waals surface area contributed by atoms with Gasteiger partial charge in [0.15, 0.2) is 0 Å². The summed E-state index contributed by atoms with van der Waals surface area (Å²) >= 11 is 7.34. The summed E-state index contributed by atoms with van der Waals surface area (Å²) in [5.41, 5.74) is 3.81. The van der Waals surface area contributed by atoms with Crippen LogP contribution >= 0.6 is 22.9 Å². The zero-order chi connectivity index (χ0) is 12.4. The molecule has 3 nitrogen and oxygen atoms in total. The van der Waals surface area contributed by atoms with Gasteiger partial charge in [0.25, 0.3) is 5.91 Å². The Morgan fingerprint density at radius 3 is 2.82 bits per heavy atom. The van der Waals surface area contributed by atoms with Crippen molar-refractivity contribution in [2.45, 2.75) is 13.8 Å². The molecule has 1 N–H and O–H groups in total. The Labute approximate surface area is 108 Å². The number of nitrogens with zero attached hydrogens (tertiary/aromatic N) is 1. The molecule has 0 atom stereocenters. The number of thiazole rings is 1. The van der Waals surface area contributed by atoms with Gasteiger partial charge in [0, 0.05) is 15.6 Å². The molecule has 0 aliphatic heterocycles. The Balaban J connectivity index is 2.24. The number of anilines is 1. The van der Waals surface area contributed by atoms with E-state index in [4.69, 9.17) is 11.6 Å². The summed E-state index contributed by atoms with van der Waals surface area (Å²) in [6, 6.07) is 5.39. The van der Waals surface area contributed by atoms with E-state index in [0.717, 1.165) is 16.1 Å². The van der Waals surface area contributed by atoms with Crippen molar-refractivity contribution in [1.82, 2.24) is 4.98 Å². The summed E-state index contributed by atoms with van der Waals surface area (Å²) in [6.07, 6.45) is 0. The molecule has 0 spiro atoms. The number of nitrogens with one attached hydrogen (secondary N) is 1. The third kappa shape index (κ3) is 2.65. The number of halogens is 1. The first-order valence-corrected chi connectivity index (χ1v) is 6.31. The van der Waals surface area contributed by atoms with E-state index >= 15 is 0 Å². The van der Waals surface area contributed by atoms with Crippen molar-refractivity contribution in [2.24, 2.45) is 0 Å². The van der Waals surface area contributed by atoms with Gasteiger partial charge in [0.2, 0.25) is 0 Å². The SMILES string of the molecule is Cc1ccc(Cl)cc1NC(=O)c1ncsc1C. The van der Waals surface area contributed by atoms with E-state index < -0.39 is 0 Å². The molecule has 0 saturated carbocycles. The van der Waals surface area contributed by atoms with Crippen LogP contribution in [0.5, 0.6) is 0 Å². The first-order chi connectivity index (χ1) is 8.08. The molecule has 0 aliphatic rings. The van der Waals surface area contributed by atoms with Gasteiger partial charge in [-0.1, -0.05) is 17.7 Å². The molecule has 0 bridgehead atoms. The number of carbonyl (C=O) groups excluding carboxylic acids is 1. The number of rotatable bonds is 2. The van der Waals surface area contributed by atoms with Gasteiger partial charge in [-0.05, 0) is 31.5 Å². The van der Waals surface area contributed by atoms with Crippen molar-refractivity contribution in [3.63, 3.8) is 0 Å². The number of aromatic nitrogens is 1. The first-order valence-electron chi connectivity index (χ1n) is 5.05. The Hall–Kier alpha value is -1.39. The lowest BCUT2D eigenvalue weighted by atomic mass is 10.2. The standard InChI is InChI=1S/C12H11ClN2OS/c1-7-3-4-9(13)5-10(7)15-12(16)11-8(2)17-6-14-11/h3-6H,1-2H3,(H,15,16). The van der Waals surface area contributed by atoms with Crippen LogP contribution in [0.1, 0.15) is 20.9 Å². The lowest BCUT2D eigenvalue weighted by Crippen LogP contribution is -2.14. The summed E-state index contributed by atoms with van der Waals surface area (Å²) in [7, 11) is 0. The third-order valence-electron chi connectivity index (χ3n) is 2.41. The second kappa shape index (κ2) is 4.85. The molecular weight excluding hydrogens is 256 g/mol. The van der Waals surface area contributed by atoms with Crippen LogP contribution in [0.3, 0.4) is 0 Å². The number of hydrogen-bond donors (Lipinski definition) is 1. The van der Waals surface area contributed by atoms with Crippen molar-refractivity contribution < 1.29 is 4.79 Å². The van der Waals surface area contributed by atoms with Crippen molar-refractivity contribution in [2.75, 3.05) is 5.32 Å². The molecule has 1 aromatic carbocycles. The lowest BCUT2D eigenvalue weighted by Gasteiger charge is -2.07. The molecule has 0 aliphatic carbocycles. The monoisotopic (exact) mass is 266 g/mol. The second-order valence-corrected chi connectivity index (χ2v) is 5.17. The molecule has 2 rings (SSSR count). The molecule has 0 fully saturated rings. The zero-order valence-electron chi connectivity index (χ0n) is 9.45. The Kier molecular flexibility index (Phi) is 3.45. The highest BCUT2D eigenvalue weighted by Gasteiger charge is 2.13. The van der Waals surface area contributed by atoms with Gasteiger partial charge in [0.05, 0.1) is 5.51 Å². The zero-order valence-corrected chi connectivity index (χ0v) is 11.0. The average Bonchev–Trinajstić information content (AvgIpc) is 2.70. The van der Waals surface area contributed by atoms with E-state index in [1.165, 1.54) is 11.3 Å². The fourth-order valence-corrected chi connectivity index (χ4v) is 2.18. The van der Waals surface area contributed by atoms with Crippen molar-refractivity contribution in [3.8, 4) is 0 Å². The maximum atomic E-state index is 11.9. The van der Waals surface area contributed by atoms with Crippen LogP contribution < -0.4 is 5.32 Å². The molecule has 0 unspecified atom stereocenters. The minimum Gasteiger partial charge on any atom is -0.320 e. The maximum absolute atomic E-state index is 11.9. The Morgan fingerprint density at radius 1 is 1.41 bits per heavy atom. The Morgan fingerprint density at radius 2 is 2.18 bits per heavy atom. The maximum Gasteiger partial charge on any atom is 0.275 e. The van der Waals surface area contributed by atoms with E-state index in [1.54, 1.807) is 17.6 Å². The molecular formula is C12H11ClN2OS. The number of aryl methyl sites for hydroxylation is 2. The normalized spacial score (nSPS) is 10.3. The number of amides is 1. The summed E-state index contributed by atoms with van der Waals surface area (Å²) in [4.78, 5) is 16.9. The average molecular weight is 267 g/mol. The lowest BCUT2D eigenvalue weighted by molar-refractivity contribution is 0.102. The number of benzene rings is 1. The first kappa shape index (κ1) is 12.1. The van der Waals surface area contributed by atoms with Crippen LogP contribution in [0.15, 0.2) is 23.7 Å². The van der Waals surface area contributed by atoms with Crippen LogP contribution in [0.2, 0.25) is 5.02 Å². The largest absolute Gasteiger partial charge is 0.320 e. The van der Waals surface area contributed by atoms with Gasteiger partial charge in [-0.2, -0.15) is 0 Å². The molecule has 1 aromatic heterocycles. The van der Waals surface area contributed by atoms with Gasteiger partial charge < -0.3 is 5.32 Å². The van der Waals surface area contributed by atoms with Gasteiger partial charge in [-0.15, -0.1) is 11.3 Å². The van der Waals surface area contributed by atoms with Crippen LogP contribution in [-0.2, 0) is 0 Å². The predicted octanol–water partition coefficient (Wildman–Crippen LogP) is 3.67. The van der Waals surface area contributed by atoms with E-state index in [2.05, 4.69) is 10.3 Å². The summed E-state index contributed by atoms with van der Waals surface area (Å²) < 4.78 is 0. The minimum absolute atomic E-state index is 0.200. The molecule has 5 heteroatoms. The van der Waals surface area contributed by atoms with Gasteiger partial charge >= 0.3 is 0 Å². The molecule has 2 aromatic rings. The number of carbonyl (C=O) groups is 1. The Bertz CT molecular complexity index is 565. The minimum atomic E-state index is -0.200. The van der Waals surface area contributed by atoms with Crippen molar-refractivity contribution in [1.29, 1.82) is 0 Å². The number of hydrogen-bond acceptors (Lipinski definition) is 3. The van der Waals surface area contributed by atoms with Crippen LogP contribution in [0, 0.1) is 13.8 Å². The molecule has 0 radical (unpaired) electrons.